The van der Waals surface area contributed by atoms with Gasteiger partial charge in [-0.05, 0) is 40.5 Å². The predicted octanol–water partition coefficient (Wildman–Crippen LogP) is 2.48. The van der Waals surface area contributed by atoms with Crippen LogP contribution in [0.25, 0.3) is 0 Å². The number of pyridine rings is 1. The molecule has 2 aromatic rings. The molecule has 0 aromatic carbocycles. The minimum absolute atomic E-state index is 0.0445. The number of amides is 1. The number of carbonyl (C=O) groups is 1. The first kappa shape index (κ1) is 13.2. The van der Waals surface area contributed by atoms with E-state index in [-0.39, 0.29) is 23.3 Å². The normalized spacial score (nSPS) is 20.7. The highest BCUT2D eigenvalue weighted by Crippen LogP contribution is 2.48. The second kappa shape index (κ2) is 4.94. The molecule has 1 fully saturated rings. The van der Waals surface area contributed by atoms with E-state index in [2.05, 4.69) is 21.2 Å². The molecule has 2 atom stereocenters. The van der Waals surface area contributed by atoms with Gasteiger partial charge in [0.15, 0.2) is 0 Å². The predicted molar refractivity (Wildman–Crippen MR) is 77.6 cm³/mol. The van der Waals surface area contributed by atoms with Crippen LogP contribution in [0.15, 0.2) is 44.3 Å². The Kier molecular flexibility index (Phi) is 3.25. The van der Waals surface area contributed by atoms with Crippen LogP contribution >= 0.6 is 15.9 Å². The van der Waals surface area contributed by atoms with Gasteiger partial charge in [-0.15, -0.1) is 0 Å². The largest absolute Gasteiger partial charge is 0.469 e. The fraction of sp³-hybridized carbons (Fsp3) is 0.286. The van der Waals surface area contributed by atoms with E-state index in [1.54, 1.807) is 25.6 Å². The molecule has 2 heterocycles. The highest BCUT2D eigenvalue weighted by atomic mass is 79.9. The monoisotopic (exact) mass is 336 g/mol. The standard InChI is InChI=1S/C14H13BrN2O3/c1-17-7-8(5-11(15)14(17)19)16-13(18)10-6-9(10)12-3-2-4-20-12/h2-5,7,9-10H,6H2,1H3,(H,16,18). The number of hydrogen-bond donors (Lipinski definition) is 1. The summed E-state index contributed by atoms with van der Waals surface area (Å²) in [5.41, 5.74) is 0.469. The zero-order valence-electron chi connectivity index (χ0n) is 10.8. The van der Waals surface area contributed by atoms with E-state index in [0.29, 0.717) is 10.2 Å². The lowest BCUT2D eigenvalue weighted by Crippen LogP contribution is -2.20. The van der Waals surface area contributed by atoms with Crippen LogP contribution in [0.4, 0.5) is 5.69 Å². The highest BCUT2D eigenvalue weighted by Gasteiger charge is 2.45. The fourth-order valence-corrected chi connectivity index (χ4v) is 2.80. The van der Waals surface area contributed by atoms with Gasteiger partial charge in [-0.3, -0.25) is 9.59 Å². The minimum Gasteiger partial charge on any atom is -0.469 e. The Hall–Kier alpha value is -1.82. The molecular weight excluding hydrogens is 324 g/mol. The van der Waals surface area contributed by atoms with Crippen molar-refractivity contribution < 1.29 is 9.21 Å². The van der Waals surface area contributed by atoms with Gasteiger partial charge in [-0.2, -0.15) is 0 Å². The molecule has 104 valence electrons. The third-order valence-electron chi connectivity index (χ3n) is 3.44. The van der Waals surface area contributed by atoms with Crippen LogP contribution in [0.2, 0.25) is 0 Å². The molecule has 0 bridgehead atoms. The van der Waals surface area contributed by atoms with E-state index in [1.165, 1.54) is 4.57 Å². The Balaban J connectivity index is 1.70. The molecule has 0 saturated heterocycles. The number of aryl methyl sites for hydroxylation is 1. The lowest BCUT2D eigenvalue weighted by Gasteiger charge is -2.07. The fourth-order valence-electron chi connectivity index (χ4n) is 2.28. The van der Waals surface area contributed by atoms with Gasteiger partial charge < -0.3 is 14.3 Å². The summed E-state index contributed by atoms with van der Waals surface area (Å²) in [6.45, 7) is 0. The molecule has 1 amide bonds. The van der Waals surface area contributed by atoms with Gasteiger partial charge in [0.2, 0.25) is 5.91 Å². The average Bonchev–Trinajstić information content (AvgIpc) is 3.02. The third-order valence-corrected chi connectivity index (χ3v) is 4.01. The average molecular weight is 337 g/mol. The summed E-state index contributed by atoms with van der Waals surface area (Å²) in [6.07, 6.45) is 4.02. The lowest BCUT2D eigenvalue weighted by molar-refractivity contribution is -0.117. The first-order valence-corrected chi connectivity index (χ1v) is 7.06. The summed E-state index contributed by atoms with van der Waals surface area (Å²) in [6, 6.07) is 5.33. The quantitative estimate of drug-likeness (QED) is 0.936. The maximum Gasteiger partial charge on any atom is 0.264 e. The Morgan fingerprint density at radius 3 is 3.00 bits per heavy atom. The SMILES string of the molecule is Cn1cc(NC(=O)C2CC2c2ccco2)cc(Br)c1=O. The Morgan fingerprint density at radius 1 is 1.55 bits per heavy atom. The van der Waals surface area contributed by atoms with E-state index in [4.69, 9.17) is 4.42 Å². The maximum absolute atomic E-state index is 12.1. The van der Waals surface area contributed by atoms with Crippen LogP contribution in [-0.2, 0) is 11.8 Å². The molecular formula is C14H13BrN2O3. The van der Waals surface area contributed by atoms with Crippen molar-refractivity contribution >= 4 is 27.5 Å². The van der Waals surface area contributed by atoms with Crippen molar-refractivity contribution in [2.24, 2.45) is 13.0 Å². The van der Waals surface area contributed by atoms with Crippen molar-refractivity contribution in [2.75, 3.05) is 5.32 Å². The summed E-state index contributed by atoms with van der Waals surface area (Å²) in [5.74, 6) is 0.918. The van der Waals surface area contributed by atoms with Gasteiger partial charge in [-0.25, -0.2) is 0 Å². The first-order valence-electron chi connectivity index (χ1n) is 6.26. The molecule has 2 aromatic heterocycles. The number of anilines is 1. The van der Waals surface area contributed by atoms with Gasteiger partial charge in [-0.1, -0.05) is 0 Å². The first-order chi connectivity index (χ1) is 9.56. The number of halogens is 1. The molecule has 0 spiro atoms. The van der Waals surface area contributed by atoms with Crippen molar-refractivity contribution in [1.29, 1.82) is 0 Å². The van der Waals surface area contributed by atoms with E-state index in [0.717, 1.165) is 12.2 Å². The maximum atomic E-state index is 12.1. The van der Waals surface area contributed by atoms with E-state index >= 15 is 0 Å². The van der Waals surface area contributed by atoms with Crippen molar-refractivity contribution in [3.8, 4) is 0 Å². The van der Waals surface area contributed by atoms with Crippen molar-refractivity contribution in [3.63, 3.8) is 0 Å². The molecule has 5 nitrogen and oxygen atoms in total. The molecule has 20 heavy (non-hydrogen) atoms. The van der Waals surface area contributed by atoms with Gasteiger partial charge >= 0.3 is 0 Å². The van der Waals surface area contributed by atoms with Gasteiger partial charge in [0, 0.05) is 25.1 Å². The molecule has 6 heteroatoms. The zero-order chi connectivity index (χ0) is 14.3. The number of aromatic nitrogens is 1. The summed E-state index contributed by atoms with van der Waals surface area (Å²) in [4.78, 5) is 23.7. The summed E-state index contributed by atoms with van der Waals surface area (Å²) >= 11 is 3.18. The Morgan fingerprint density at radius 2 is 2.35 bits per heavy atom. The molecule has 1 aliphatic carbocycles. The molecule has 1 saturated carbocycles. The summed E-state index contributed by atoms with van der Waals surface area (Å²) < 4.78 is 7.16. The number of hydrogen-bond acceptors (Lipinski definition) is 3. The topological polar surface area (TPSA) is 64.2 Å². The van der Waals surface area contributed by atoms with Crippen molar-refractivity contribution in [3.05, 3.63) is 51.2 Å². The number of nitrogens with zero attached hydrogens (tertiary/aromatic N) is 1. The van der Waals surface area contributed by atoms with Crippen LogP contribution in [-0.4, -0.2) is 10.5 Å². The lowest BCUT2D eigenvalue weighted by atomic mass is 10.2. The smallest absolute Gasteiger partial charge is 0.264 e. The van der Waals surface area contributed by atoms with Gasteiger partial charge in [0.25, 0.3) is 5.56 Å². The summed E-state index contributed by atoms with van der Waals surface area (Å²) in [7, 11) is 1.64. The van der Waals surface area contributed by atoms with Crippen LogP contribution in [0.5, 0.6) is 0 Å². The van der Waals surface area contributed by atoms with E-state index in [9.17, 15) is 9.59 Å². The van der Waals surface area contributed by atoms with Gasteiger partial charge in [0.05, 0.1) is 16.4 Å². The number of rotatable bonds is 3. The Bertz CT molecular complexity index is 679. The second-order valence-corrected chi connectivity index (χ2v) is 5.80. The molecule has 2 unspecified atom stereocenters. The van der Waals surface area contributed by atoms with Gasteiger partial charge in [0.1, 0.15) is 5.76 Å². The van der Waals surface area contributed by atoms with Crippen LogP contribution in [0, 0.1) is 5.92 Å². The molecule has 1 N–H and O–H groups in total. The molecule has 0 aliphatic heterocycles. The zero-order valence-corrected chi connectivity index (χ0v) is 12.4. The Labute approximate surface area is 123 Å². The molecule has 0 radical (unpaired) electrons. The molecule has 1 aliphatic rings. The number of carbonyl (C=O) groups excluding carboxylic acids is 1. The third kappa shape index (κ3) is 2.43. The second-order valence-electron chi connectivity index (χ2n) is 4.95. The summed E-state index contributed by atoms with van der Waals surface area (Å²) in [5, 5.41) is 2.83. The number of nitrogens with one attached hydrogen (secondary N) is 1. The van der Waals surface area contributed by atoms with E-state index in [1.807, 2.05) is 12.1 Å². The highest BCUT2D eigenvalue weighted by molar-refractivity contribution is 9.10. The van der Waals surface area contributed by atoms with Crippen molar-refractivity contribution in [1.82, 2.24) is 4.57 Å². The van der Waals surface area contributed by atoms with Crippen molar-refractivity contribution in [2.45, 2.75) is 12.3 Å². The number of furan rings is 1. The van der Waals surface area contributed by atoms with Crippen LogP contribution in [0.1, 0.15) is 18.1 Å². The van der Waals surface area contributed by atoms with Crippen LogP contribution in [0.3, 0.4) is 0 Å². The van der Waals surface area contributed by atoms with Crippen LogP contribution < -0.4 is 10.9 Å². The van der Waals surface area contributed by atoms with E-state index < -0.39 is 0 Å². The minimum atomic E-state index is -0.136. The molecule has 3 rings (SSSR count).